The number of H-pyrrole nitrogens is 1. The van der Waals surface area contributed by atoms with E-state index in [-0.39, 0.29) is 17.5 Å². The van der Waals surface area contributed by atoms with Crippen LogP contribution in [0.15, 0.2) is 35.1 Å². The smallest absolute Gasteiger partial charge is 0.345 e. The third-order valence-corrected chi connectivity index (χ3v) is 5.93. The summed E-state index contributed by atoms with van der Waals surface area (Å²) in [6.07, 6.45) is 2.25. The molecule has 2 N–H and O–H groups in total. The van der Waals surface area contributed by atoms with Gasteiger partial charge in [0.25, 0.3) is 0 Å². The molecule has 0 spiro atoms. The first-order valence-corrected chi connectivity index (χ1v) is 9.87. The predicted molar refractivity (Wildman–Crippen MR) is 108 cm³/mol. The van der Waals surface area contributed by atoms with Crippen LogP contribution in [0.3, 0.4) is 0 Å². The second-order valence-corrected chi connectivity index (χ2v) is 8.06. The van der Waals surface area contributed by atoms with Crippen molar-refractivity contribution in [3.8, 4) is 0 Å². The molecule has 2 atom stereocenters. The largest absolute Gasteiger partial charge is 0.390 e. The first kappa shape index (κ1) is 20.3. The van der Waals surface area contributed by atoms with Gasteiger partial charge in [-0.3, -0.25) is 4.79 Å². The molecule has 28 heavy (non-hydrogen) atoms. The minimum atomic E-state index is -0.775. The molecule has 1 aliphatic rings. The number of carbonyl (C=O) groups excluding carboxylic acids is 1. The lowest BCUT2D eigenvalue weighted by molar-refractivity contribution is -0.138. The van der Waals surface area contributed by atoms with Crippen molar-refractivity contribution in [1.82, 2.24) is 14.9 Å². The maximum atomic E-state index is 12.8. The highest BCUT2D eigenvalue weighted by Crippen LogP contribution is 2.31. The molecule has 6 heteroatoms. The molecule has 6 nitrogen and oxygen atoms in total. The number of aromatic amines is 1. The number of nitrogens with zero attached hydrogens (tertiary/aromatic N) is 2. The number of hydrogen-bond donors (Lipinski definition) is 2. The predicted octanol–water partition coefficient (Wildman–Crippen LogP) is 2.16. The number of rotatable bonds is 5. The molecule has 1 saturated heterocycles. The Bertz CT molecular complexity index is 863. The van der Waals surface area contributed by atoms with Crippen molar-refractivity contribution in [3.63, 3.8) is 0 Å². The van der Waals surface area contributed by atoms with Crippen molar-refractivity contribution in [1.29, 1.82) is 0 Å². The molecule has 0 radical (unpaired) electrons. The Morgan fingerprint density at radius 3 is 2.71 bits per heavy atom. The summed E-state index contributed by atoms with van der Waals surface area (Å²) in [5, 5.41) is 10.8. The van der Waals surface area contributed by atoms with Crippen LogP contribution in [-0.2, 0) is 17.6 Å². The van der Waals surface area contributed by atoms with Crippen molar-refractivity contribution in [2.24, 2.45) is 5.92 Å². The molecule has 1 aromatic heterocycles. The second-order valence-electron chi connectivity index (χ2n) is 8.06. The highest BCUT2D eigenvalue weighted by Gasteiger charge is 2.38. The monoisotopic (exact) mass is 383 g/mol. The summed E-state index contributed by atoms with van der Waals surface area (Å²) in [5.41, 5.74) is 2.42. The highest BCUT2D eigenvalue weighted by molar-refractivity contribution is 5.76. The van der Waals surface area contributed by atoms with Gasteiger partial charge < -0.3 is 15.0 Å². The second kappa shape index (κ2) is 8.27. The zero-order chi connectivity index (χ0) is 20.3. The van der Waals surface area contributed by atoms with Crippen LogP contribution in [0.25, 0.3) is 0 Å². The lowest BCUT2D eigenvalue weighted by Crippen LogP contribution is -2.52. The van der Waals surface area contributed by atoms with Crippen LogP contribution in [-0.4, -0.2) is 44.6 Å². The normalized spacial score (nSPS) is 22.3. The average molecular weight is 383 g/mol. The van der Waals surface area contributed by atoms with Gasteiger partial charge in [0.15, 0.2) is 0 Å². The Labute approximate surface area is 165 Å². The number of benzene rings is 1. The molecule has 0 bridgehead atoms. The molecule has 0 aliphatic carbocycles. The van der Waals surface area contributed by atoms with Crippen molar-refractivity contribution in [2.75, 3.05) is 13.1 Å². The van der Waals surface area contributed by atoms with Gasteiger partial charge in [-0.05, 0) is 51.2 Å². The molecule has 1 aliphatic heterocycles. The Kier molecular flexibility index (Phi) is 5.98. The van der Waals surface area contributed by atoms with Gasteiger partial charge in [-0.25, -0.2) is 4.79 Å². The Hall–Kier alpha value is -2.47. The standard InChI is InChI=1S/C22H29N3O3/c1-15-19(16(2)24-21(27)23-15)9-10-20(26)25-12-11-22(3,28)18(14-25)13-17-7-5-4-6-8-17/h4-8,18,28H,9-14H2,1-3H3,(H,23,24,27)/t18-,22+/m0/s1. The minimum Gasteiger partial charge on any atom is -0.390 e. The minimum absolute atomic E-state index is 0.00539. The van der Waals surface area contributed by atoms with Crippen molar-refractivity contribution < 1.29 is 9.90 Å². The SMILES string of the molecule is Cc1nc(=O)[nH]c(C)c1CCC(=O)N1CC[C@@](C)(O)[C@@H](Cc2ccccc2)C1. The topological polar surface area (TPSA) is 86.3 Å². The number of aryl methyl sites for hydroxylation is 2. The maximum absolute atomic E-state index is 12.8. The lowest BCUT2D eigenvalue weighted by Gasteiger charge is -2.43. The summed E-state index contributed by atoms with van der Waals surface area (Å²) >= 11 is 0. The van der Waals surface area contributed by atoms with Crippen molar-refractivity contribution in [3.05, 3.63) is 63.3 Å². The van der Waals surface area contributed by atoms with E-state index in [1.165, 1.54) is 5.56 Å². The number of carbonyl (C=O) groups is 1. The van der Waals surface area contributed by atoms with Crippen LogP contribution in [0.5, 0.6) is 0 Å². The van der Waals surface area contributed by atoms with Gasteiger partial charge in [0.2, 0.25) is 5.91 Å². The van der Waals surface area contributed by atoms with E-state index in [0.29, 0.717) is 38.0 Å². The molecular formula is C22H29N3O3. The van der Waals surface area contributed by atoms with E-state index in [0.717, 1.165) is 17.7 Å². The zero-order valence-corrected chi connectivity index (χ0v) is 16.9. The Morgan fingerprint density at radius 1 is 1.32 bits per heavy atom. The summed E-state index contributed by atoms with van der Waals surface area (Å²) in [5.74, 6) is 0.0874. The zero-order valence-electron chi connectivity index (χ0n) is 16.9. The Morgan fingerprint density at radius 2 is 2.04 bits per heavy atom. The van der Waals surface area contributed by atoms with Gasteiger partial charge in [0.1, 0.15) is 0 Å². The molecule has 150 valence electrons. The van der Waals surface area contributed by atoms with E-state index in [1.807, 2.05) is 36.9 Å². The Balaban J connectivity index is 1.65. The number of hydrogen-bond acceptors (Lipinski definition) is 4. The fraction of sp³-hybridized carbons (Fsp3) is 0.500. The molecule has 1 amide bonds. The first-order chi connectivity index (χ1) is 13.3. The third-order valence-electron chi connectivity index (χ3n) is 5.93. The number of aromatic nitrogens is 2. The number of nitrogens with one attached hydrogen (secondary N) is 1. The number of amides is 1. The molecule has 1 aromatic carbocycles. The van der Waals surface area contributed by atoms with Gasteiger partial charge in [0.05, 0.1) is 5.60 Å². The maximum Gasteiger partial charge on any atom is 0.345 e. The van der Waals surface area contributed by atoms with Crippen LogP contribution in [0, 0.1) is 19.8 Å². The summed E-state index contributed by atoms with van der Waals surface area (Å²) in [7, 11) is 0. The summed E-state index contributed by atoms with van der Waals surface area (Å²) in [4.78, 5) is 32.8. The van der Waals surface area contributed by atoms with Crippen LogP contribution >= 0.6 is 0 Å². The van der Waals surface area contributed by atoms with Crippen molar-refractivity contribution in [2.45, 2.75) is 52.1 Å². The summed E-state index contributed by atoms with van der Waals surface area (Å²) in [6.45, 7) is 6.64. The average Bonchev–Trinajstić information content (AvgIpc) is 2.63. The van der Waals surface area contributed by atoms with Gasteiger partial charge in [0, 0.05) is 36.8 Å². The number of piperidine rings is 1. The third kappa shape index (κ3) is 4.68. The quantitative estimate of drug-likeness (QED) is 0.828. The van der Waals surface area contributed by atoms with E-state index in [1.54, 1.807) is 6.92 Å². The van der Waals surface area contributed by atoms with Crippen LogP contribution < -0.4 is 5.69 Å². The fourth-order valence-corrected chi connectivity index (χ4v) is 4.04. The molecule has 2 aromatic rings. The molecule has 1 fully saturated rings. The van der Waals surface area contributed by atoms with E-state index in [4.69, 9.17) is 0 Å². The van der Waals surface area contributed by atoms with E-state index >= 15 is 0 Å². The summed E-state index contributed by atoms with van der Waals surface area (Å²) in [6, 6.07) is 10.1. The first-order valence-electron chi connectivity index (χ1n) is 9.87. The van der Waals surface area contributed by atoms with Crippen LogP contribution in [0.2, 0.25) is 0 Å². The van der Waals surface area contributed by atoms with E-state index < -0.39 is 5.60 Å². The van der Waals surface area contributed by atoms with Gasteiger partial charge >= 0.3 is 5.69 Å². The van der Waals surface area contributed by atoms with Gasteiger partial charge in [-0.15, -0.1) is 0 Å². The molecular weight excluding hydrogens is 354 g/mol. The number of likely N-dealkylation sites (tertiary alicyclic amines) is 1. The molecule has 0 saturated carbocycles. The van der Waals surface area contributed by atoms with Crippen molar-refractivity contribution >= 4 is 5.91 Å². The van der Waals surface area contributed by atoms with Gasteiger partial charge in [-0.1, -0.05) is 30.3 Å². The lowest BCUT2D eigenvalue weighted by atomic mass is 9.78. The number of aliphatic hydroxyl groups is 1. The van der Waals surface area contributed by atoms with E-state index in [2.05, 4.69) is 22.1 Å². The molecule has 0 unspecified atom stereocenters. The van der Waals surface area contributed by atoms with Gasteiger partial charge in [-0.2, -0.15) is 4.98 Å². The fourth-order valence-electron chi connectivity index (χ4n) is 4.04. The highest BCUT2D eigenvalue weighted by atomic mass is 16.3. The van der Waals surface area contributed by atoms with Crippen LogP contribution in [0.4, 0.5) is 0 Å². The van der Waals surface area contributed by atoms with Crippen LogP contribution in [0.1, 0.15) is 42.3 Å². The molecule has 2 heterocycles. The summed E-state index contributed by atoms with van der Waals surface area (Å²) < 4.78 is 0. The van der Waals surface area contributed by atoms with E-state index in [9.17, 15) is 14.7 Å². The molecule has 3 rings (SSSR count).